The third kappa shape index (κ3) is 5.61. The summed E-state index contributed by atoms with van der Waals surface area (Å²) in [5.41, 5.74) is 2.20. The van der Waals surface area contributed by atoms with Crippen LogP contribution >= 0.6 is 27.3 Å². The minimum Gasteiger partial charge on any atom is -0.483 e. The van der Waals surface area contributed by atoms with E-state index >= 15 is 0 Å². The van der Waals surface area contributed by atoms with Gasteiger partial charge in [-0.1, -0.05) is 61.1 Å². The summed E-state index contributed by atoms with van der Waals surface area (Å²) >= 11 is 4.92. The van der Waals surface area contributed by atoms with E-state index in [9.17, 15) is 4.79 Å². The molecular formula is C20H20BrN3O2S. The second-order valence-corrected chi connectivity index (χ2v) is 7.87. The van der Waals surface area contributed by atoms with E-state index in [0.29, 0.717) is 10.9 Å². The molecule has 0 aliphatic heterocycles. The number of rotatable bonds is 8. The first-order valence-corrected chi connectivity index (χ1v) is 10.4. The Morgan fingerprint density at radius 2 is 1.96 bits per heavy atom. The van der Waals surface area contributed by atoms with E-state index in [1.807, 2.05) is 48.5 Å². The summed E-state index contributed by atoms with van der Waals surface area (Å²) in [6, 6.07) is 15.9. The molecule has 1 aromatic heterocycles. The van der Waals surface area contributed by atoms with Gasteiger partial charge in [0.25, 0.3) is 5.91 Å². The zero-order valence-corrected chi connectivity index (χ0v) is 17.3. The quantitative estimate of drug-likeness (QED) is 0.508. The molecule has 3 rings (SSSR count). The largest absolute Gasteiger partial charge is 0.483 e. The third-order valence-corrected chi connectivity index (χ3v) is 5.37. The molecule has 3 aromatic rings. The predicted octanol–water partition coefficient (Wildman–Crippen LogP) is 5.33. The molecule has 2 aromatic carbocycles. The molecule has 0 saturated heterocycles. The second kappa shape index (κ2) is 9.62. The first kappa shape index (κ1) is 19.5. The number of ether oxygens (including phenoxy) is 1. The Hall–Kier alpha value is -2.25. The minimum atomic E-state index is -0.257. The summed E-state index contributed by atoms with van der Waals surface area (Å²) in [6.45, 7) is 2.04. The normalized spacial score (nSPS) is 10.6. The van der Waals surface area contributed by atoms with Gasteiger partial charge in [0.05, 0.1) is 4.47 Å². The van der Waals surface area contributed by atoms with Crippen molar-refractivity contribution in [3.8, 4) is 16.9 Å². The first-order chi connectivity index (χ1) is 13.2. The maximum absolute atomic E-state index is 12.1. The van der Waals surface area contributed by atoms with Crippen LogP contribution in [0.4, 0.5) is 5.13 Å². The van der Waals surface area contributed by atoms with E-state index in [2.05, 4.69) is 38.4 Å². The summed E-state index contributed by atoms with van der Waals surface area (Å²) in [5, 5.41) is 12.3. The summed E-state index contributed by atoms with van der Waals surface area (Å²) in [5.74, 6) is 0.359. The molecule has 0 bridgehead atoms. The van der Waals surface area contributed by atoms with Crippen LogP contribution in [0.15, 0.2) is 53.0 Å². The average molecular weight is 446 g/mol. The van der Waals surface area contributed by atoms with E-state index in [0.717, 1.165) is 39.9 Å². The van der Waals surface area contributed by atoms with Crippen LogP contribution in [0, 0.1) is 0 Å². The van der Waals surface area contributed by atoms with Crippen molar-refractivity contribution in [3.63, 3.8) is 0 Å². The van der Waals surface area contributed by atoms with Crippen molar-refractivity contribution in [1.29, 1.82) is 0 Å². The number of amides is 1. The lowest BCUT2D eigenvalue weighted by Crippen LogP contribution is -2.20. The number of carbonyl (C=O) groups is 1. The fraction of sp³-hybridized carbons (Fsp3) is 0.250. The summed E-state index contributed by atoms with van der Waals surface area (Å²) in [6.07, 6.45) is 3.06. The standard InChI is InChI=1S/C20H20BrN3O2S/c1-2-3-9-19-23-24-20(27-19)22-18(25)13-26-17-11-10-15(12-16(17)21)14-7-5-4-6-8-14/h4-8,10-12H,2-3,9,13H2,1H3,(H,22,24,25). The minimum absolute atomic E-state index is 0.0901. The molecule has 27 heavy (non-hydrogen) atoms. The molecule has 0 spiro atoms. The highest BCUT2D eigenvalue weighted by atomic mass is 79.9. The van der Waals surface area contributed by atoms with Gasteiger partial charge in [-0.05, 0) is 45.6 Å². The number of halogens is 1. The fourth-order valence-corrected chi connectivity index (χ4v) is 3.75. The molecule has 0 radical (unpaired) electrons. The molecule has 0 fully saturated rings. The lowest BCUT2D eigenvalue weighted by atomic mass is 10.1. The smallest absolute Gasteiger partial charge is 0.264 e. The van der Waals surface area contributed by atoms with Gasteiger partial charge in [-0.15, -0.1) is 10.2 Å². The number of carbonyl (C=O) groups excluding carboxylic acids is 1. The Morgan fingerprint density at radius 1 is 1.15 bits per heavy atom. The third-order valence-electron chi connectivity index (χ3n) is 3.86. The molecule has 0 aliphatic carbocycles. The van der Waals surface area contributed by atoms with Gasteiger partial charge in [-0.3, -0.25) is 10.1 Å². The molecule has 0 unspecified atom stereocenters. The first-order valence-electron chi connectivity index (χ1n) is 8.75. The Bertz CT molecular complexity index is 899. The molecule has 0 saturated carbocycles. The van der Waals surface area contributed by atoms with Gasteiger partial charge in [0.1, 0.15) is 10.8 Å². The van der Waals surface area contributed by atoms with Crippen molar-refractivity contribution in [1.82, 2.24) is 10.2 Å². The summed E-state index contributed by atoms with van der Waals surface area (Å²) in [4.78, 5) is 12.1. The molecule has 1 heterocycles. The molecule has 140 valence electrons. The fourth-order valence-electron chi connectivity index (χ4n) is 2.46. The van der Waals surface area contributed by atoms with Crippen LogP contribution in [0.25, 0.3) is 11.1 Å². The van der Waals surface area contributed by atoms with E-state index in [1.165, 1.54) is 11.3 Å². The Kier molecular flexibility index (Phi) is 6.95. The number of aryl methyl sites for hydroxylation is 1. The van der Waals surface area contributed by atoms with Gasteiger partial charge >= 0.3 is 0 Å². The van der Waals surface area contributed by atoms with Crippen LogP contribution < -0.4 is 10.1 Å². The molecule has 1 N–H and O–H groups in total. The molecule has 5 nitrogen and oxygen atoms in total. The van der Waals surface area contributed by atoms with Crippen LogP contribution in [0.1, 0.15) is 24.8 Å². The molecule has 0 atom stereocenters. The van der Waals surface area contributed by atoms with Crippen LogP contribution in [-0.2, 0) is 11.2 Å². The zero-order valence-electron chi connectivity index (χ0n) is 14.9. The van der Waals surface area contributed by atoms with Crippen LogP contribution in [0.3, 0.4) is 0 Å². The van der Waals surface area contributed by atoms with Gasteiger partial charge in [-0.2, -0.15) is 0 Å². The number of nitrogens with zero attached hydrogens (tertiary/aromatic N) is 2. The number of aromatic nitrogens is 2. The lowest BCUT2D eigenvalue weighted by molar-refractivity contribution is -0.118. The van der Waals surface area contributed by atoms with Gasteiger partial charge in [-0.25, -0.2) is 0 Å². The number of unbranched alkanes of at least 4 members (excludes halogenated alkanes) is 1. The van der Waals surface area contributed by atoms with Crippen molar-refractivity contribution in [2.45, 2.75) is 26.2 Å². The van der Waals surface area contributed by atoms with Gasteiger partial charge in [0, 0.05) is 6.42 Å². The Morgan fingerprint density at radius 3 is 2.70 bits per heavy atom. The molecule has 7 heteroatoms. The highest BCUT2D eigenvalue weighted by Crippen LogP contribution is 2.30. The van der Waals surface area contributed by atoms with E-state index in [4.69, 9.17) is 4.74 Å². The average Bonchev–Trinajstić information content (AvgIpc) is 3.13. The maximum atomic E-state index is 12.1. The molecular weight excluding hydrogens is 426 g/mol. The maximum Gasteiger partial charge on any atom is 0.264 e. The van der Waals surface area contributed by atoms with Crippen molar-refractivity contribution >= 4 is 38.3 Å². The van der Waals surface area contributed by atoms with Crippen molar-refractivity contribution in [2.24, 2.45) is 0 Å². The van der Waals surface area contributed by atoms with E-state index < -0.39 is 0 Å². The summed E-state index contributed by atoms with van der Waals surface area (Å²) < 4.78 is 6.43. The molecule has 1 amide bonds. The Balaban J connectivity index is 1.55. The lowest BCUT2D eigenvalue weighted by Gasteiger charge is -2.09. The predicted molar refractivity (Wildman–Crippen MR) is 112 cm³/mol. The van der Waals surface area contributed by atoms with Crippen LogP contribution in [-0.4, -0.2) is 22.7 Å². The highest BCUT2D eigenvalue weighted by Gasteiger charge is 2.10. The van der Waals surface area contributed by atoms with E-state index in [-0.39, 0.29) is 12.5 Å². The number of hydrogen-bond acceptors (Lipinski definition) is 5. The van der Waals surface area contributed by atoms with E-state index in [1.54, 1.807) is 0 Å². The van der Waals surface area contributed by atoms with Gasteiger partial charge < -0.3 is 4.74 Å². The number of benzene rings is 2. The molecule has 0 aliphatic rings. The zero-order chi connectivity index (χ0) is 19.1. The summed E-state index contributed by atoms with van der Waals surface area (Å²) in [7, 11) is 0. The Labute approximate surface area is 170 Å². The topological polar surface area (TPSA) is 64.1 Å². The monoisotopic (exact) mass is 445 g/mol. The highest BCUT2D eigenvalue weighted by molar-refractivity contribution is 9.10. The second-order valence-electron chi connectivity index (χ2n) is 5.95. The van der Waals surface area contributed by atoms with Crippen molar-refractivity contribution in [2.75, 3.05) is 11.9 Å². The van der Waals surface area contributed by atoms with Crippen LogP contribution in [0.5, 0.6) is 5.75 Å². The van der Waals surface area contributed by atoms with Crippen LogP contribution in [0.2, 0.25) is 0 Å². The number of anilines is 1. The van der Waals surface area contributed by atoms with Gasteiger partial charge in [0.15, 0.2) is 6.61 Å². The number of hydrogen-bond donors (Lipinski definition) is 1. The SMILES string of the molecule is CCCCc1nnc(NC(=O)COc2ccc(-c3ccccc3)cc2Br)s1. The number of nitrogens with one attached hydrogen (secondary N) is 1. The van der Waals surface area contributed by atoms with Crippen molar-refractivity contribution < 1.29 is 9.53 Å². The van der Waals surface area contributed by atoms with Crippen molar-refractivity contribution in [3.05, 3.63) is 58.0 Å². The van der Waals surface area contributed by atoms with Gasteiger partial charge in [0.2, 0.25) is 5.13 Å².